The van der Waals surface area contributed by atoms with Crippen LogP contribution in [0.2, 0.25) is 0 Å². The molecule has 1 atom stereocenters. The third-order valence-corrected chi connectivity index (χ3v) is 7.97. The molecule has 0 bridgehead atoms. The summed E-state index contributed by atoms with van der Waals surface area (Å²) >= 11 is 0. The molecule has 40 heavy (non-hydrogen) atoms. The molecule has 0 unspecified atom stereocenters. The maximum Gasteiger partial charge on any atom is 0.311 e. The number of aromatic nitrogens is 2. The van der Waals surface area contributed by atoms with Crippen molar-refractivity contribution >= 4 is 28.6 Å². The number of carbonyl (C=O) groups excluding carboxylic acids is 3. The van der Waals surface area contributed by atoms with Crippen LogP contribution in [0.4, 0.5) is 0 Å². The van der Waals surface area contributed by atoms with Crippen LogP contribution in [0.1, 0.15) is 68.7 Å². The molecule has 1 aromatic carbocycles. The lowest BCUT2D eigenvalue weighted by molar-refractivity contribution is -0.140. The van der Waals surface area contributed by atoms with Crippen LogP contribution in [0, 0.1) is 0 Å². The van der Waals surface area contributed by atoms with E-state index >= 15 is 0 Å². The van der Waals surface area contributed by atoms with Crippen LogP contribution in [0.25, 0.3) is 22.3 Å². The molecule has 208 valence electrons. The van der Waals surface area contributed by atoms with E-state index in [1.807, 2.05) is 6.92 Å². The van der Waals surface area contributed by atoms with Crippen molar-refractivity contribution < 1.29 is 24.2 Å². The monoisotopic (exact) mass is 543 g/mol. The Balaban J connectivity index is 1.45. The number of aryl methyl sites for hydroxylation is 1. The van der Waals surface area contributed by atoms with E-state index in [1.165, 1.54) is 0 Å². The maximum atomic E-state index is 13.6. The third-order valence-electron chi connectivity index (χ3n) is 7.97. The van der Waals surface area contributed by atoms with Gasteiger partial charge in [-0.15, -0.1) is 0 Å². The summed E-state index contributed by atoms with van der Waals surface area (Å²) < 4.78 is 7.27. The average Bonchev–Trinajstić information content (AvgIpc) is 3.30. The number of amides is 1. The largest absolute Gasteiger partial charge is 0.427 e. The zero-order valence-corrected chi connectivity index (χ0v) is 23.1. The summed E-state index contributed by atoms with van der Waals surface area (Å²) in [4.78, 5) is 55.1. The molecule has 2 N–H and O–H groups in total. The predicted octanol–water partition coefficient (Wildman–Crippen LogP) is 3.48. The Morgan fingerprint density at radius 1 is 1.18 bits per heavy atom. The van der Waals surface area contributed by atoms with Gasteiger partial charge in [-0.3, -0.25) is 19.2 Å². The van der Waals surface area contributed by atoms with Crippen molar-refractivity contribution in [2.45, 2.75) is 71.4 Å². The first kappa shape index (κ1) is 27.5. The van der Waals surface area contributed by atoms with Gasteiger partial charge < -0.3 is 19.7 Å². The van der Waals surface area contributed by atoms with E-state index in [-0.39, 0.29) is 36.5 Å². The normalized spacial score (nSPS) is 17.2. The van der Waals surface area contributed by atoms with Crippen LogP contribution in [0.15, 0.2) is 41.2 Å². The van der Waals surface area contributed by atoms with E-state index in [1.54, 1.807) is 42.7 Å². The second-order valence-electron chi connectivity index (χ2n) is 10.5. The van der Waals surface area contributed by atoms with E-state index in [2.05, 4.69) is 11.9 Å². The number of rotatable bonds is 8. The fourth-order valence-electron chi connectivity index (χ4n) is 5.76. The summed E-state index contributed by atoms with van der Waals surface area (Å²) in [5, 5.41) is 14.7. The third kappa shape index (κ3) is 4.54. The average molecular weight is 544 g/mol. The van der Waals surface area contributed by atoms with E-state index < -0.39 is 11.6 Å². The van der Waals surface area contributed by atoms with Crippen molar-refractivity contribution in [2.75, 3.05) is 6.54 Å². The zero-order valence-electron chi connectivity index (χ0n) is 23.1. The number of hydrogen-bond acceptors (Lipinski definition) is 7. The number of Topliss-reactive ketones (excluding diaryl/α,β-unsaturated/α-hetero) is 1. The molecular formula is C31H33N3O6. The second-order valence-corrected chi connectivity index (χ2v) is 10.5. The number of carbonyl (C=O) groups is 3. The Hall–Kier alpha value is -4.11. The SMILES string of the molecule is C=C(C)C(=O)NCCCC(=O)Oc1ccc2nc3c(c(CC)c2c1)Cn1c-3cc2c(c1=O)CCC(=O)[C@]2(O)CC. The minimum Gasteiger partial charge on any atom is -0.427 e. The highest BCUT2D eigenvalue weighted by Crippen LogP contribution is 2.41. The minimum atomic E-state index is -1.66. The summed E-state index contributed by atoms with van der Waals surface area (Å²) in [6.45, 7) is 9.68. The van der Waals surface area contributed by atoms with Gasteiger partial charge in [0.15, 0.2) is 5.78 Å². The van der Waals surface area contributed by atoms with Gasteiger partial charge in [0, 0.05) is 47.0 Å². The molecule has 5 rings (SSSR count). The number of fused-ring (bicyclic) bond motifs is 5. The first-order chi connectivity index (χ1) is 19.1. The number of nitrogens with zero attached hydrogens (tertiary/aromatic N) is 2. The highest BCUT2D eigenvalue weighted by Gasteiger charge is 2.43. The minimum absolute atomic E-state index is 0.145. The lowest BCUT2D eigenvalue weighted by atomic mass is 9.77. The van der Waals surface area contributed by atoms with Gasteiger partial charge >= 0.3 is 5.97 Å². The van der Waals surface area contributed by atoms with Gasteiger partial charge in [-0.25, -0.2) is 4.98 Å². The van der Waals surface area contributed by atoms with Crippen LogP contribution in [0.5, 0.6) is 5.75 Å². The molecule has 1 aliphatic heterocycles. The summed E-state index contributed by atoms with van der Waals surface area (Å²) in [7, 11) is 0. The van der Waals surface area contributed by atoms with Crippen molar-refractivity contribution in [1.29, 1.82) is 0 Å². The van der Waals surface area contributed by atoms with Crippen LogP contribution >= 0.6 is 0 Å². The zero-order chi connectivity index (χ0) is 28.8. The summed E-state index contributed by atoms with van der Waals surface area (Å²) in [6, 6.07) is 7.05. The van der Waals surface area contributed by atoms with E-state index in [4.69, 9.17) is 9.72 Å². The van der Waals surface area contributed by atoms with Crippen LogP contribution in [0.3, 0.4) is 0 Å². The van der Waals surface area contributed by atoms with Gasteiger partial charge in [-0.1, -0.05) is 20.4 Å². The highest BCUT2D eigenvalue weighted by molar-refractivity contribution is 5.93. The van der Waals surface area contributed by atoms with Crippen molar-refractivity contribution in [1.82, 2.24) is 14.9 Å². The molecule has 0 fully saturated rings. The van der Waals surface area contributed by atoms with Crippen LogP contribution < -0.4 is 15.6 Å². The first-order valence-electron chi connectivity index (χ1n) is 13.7. The first-order valence-corrected chi connectivity index (χ1v) is 13.7. The molecule has 0 spiro atoms. The molecular weight excluding hydrogens is 510 g/mol. The number of ketones is 1. The Morgan fingerprint density at radius 2 is 1.95 bits per heavy atom. The fraction of sp³-hybridized carbons (Fsp3) is 0.387. The summed E-state index contributed by atoms with van der Waals surface area (Å²) in [5.74, 6) is -0.508. The molecule has 9 heteroatoms. The molecule has 1 aliphatic carbocycles. The summed E-state index contributed by atoms with van der Waals surface area (Å²) in [6.07, 6.45) is 1.91. The Kier molecular flexibility index (Phi) is 7.18. The van der Waals surface area contributed by atoms with E-state index in [9.17, 15) is 24.3 Å². The Morgan fingerprint density at radius 3 is 2.65 bits per heavy atom. The standard InChI is InChI=1S/C31H33N3O6/c1-5-19-21-14-18(40-27(36)8-7-13-32-29(37)17(3)4)9-11-24(21)33-28-22(19)16-34-25(28)15-23-20(30(34)38)10-12-26(35)31(23,39)6-2/h9,11,14-15,39H,3,5-8,10,12-13,16H2,1-2,4H3,(H,32,37)/t31-/m0/s1. The van der Waals surface area contributed by atoms with Gasteiger partial charge in [-0.2, -0.15) is 0 Å². The number of ether oxygens (including phenoxy) is 1. The van der Waals surface area contributed by atoms with Gasteiger partial charge in [0.2, 0.25) is 5.91 Å². The van der Waals surface area contributed by atoms with E-state index in [0.29, 0.717) is 71.7 Å². The number of benzene rings is 1. The lowest BCUT2D eigenvalue weighted by Crippen LogP contribution is -2.43. The molecule has 9 nitrogen and oxygen atoms in total. The van der Waals surface area contributed by atoms with Crippen molar-refractivity contribution in [3.63, 3.8) is 0 Å². The van der Waals surface area contributed by atoms with Crippen LogP contribution in [-0.4, -0.2) is 38.9 Å². The quantitative estimate of drug-likeness (QED) is 0.151. The van der Waals surface area contributed by atoms with Crippen molar-refractivity contribution in [2.24, 2.45) is 0 Å². The van der Waals surface area contributed by atoms with Gasteiger partial charge in [0.05, 0.1) is 23.4 Å². The Bertz CT molecular complexity index is 1650. The van der Waals surface area contributed by atoms with Crippen LogP contribution in [-0.2, 0) is 39.4 Å². The van der Waals surface area contributed by atoms with Gasteiger partial charge in [0.1, 0.15) is 11.4 Å². The molecule has 1 amide bonds. The molecule has 0 saturated heterocycles. The number of esters is 1. The molecule has 0 saturated carbocycles. The molecule has 2 aliphatic rings. The predicted molar refractivity (Wildman–Crippen MR) is 150 cm³/mol. The van der Waals surface area contributed by atoms with Crippen molar-refractivity contribution in [3.8, 4) is 17.1 Å². The highest BCUT2D eigenvalue weighted by atomic mass is 16.5. The smallest absolute Gasteiger partial charge is 0.311 e. The van der Waals surface area contributed by atoms with Gasteiger partial charge in [-0.05, 0) is 62.4 Å². The maximum absolute atomic E-state index is 13.6. The number of nitrogens with one attached hydrogen (secondary N) is 1. The van der Waals surface area contributed by atoms with Crippen molar-refractivity contribution in [3.05, 3.63) is 69.0 Å². The fourth-order valence-corrected chi connectivity index (χ4v) is 5.76. The molecule has 3 heterocycles. The van der Waals surface area contributed by atoms with E-state index in [0.717, 1.165) is 16.5 Å². The van der Waals surface area contributed by atoms with Gasteiger partial charge in [0.25, 0.3) is 5.56 Å². The molecule has 3 aromatic rings. The number of aliphatic hydroxyl groups is 1. The molecule has 2 aromatic heterocycles. The second kappa shape index (κ2) is 10.5. The molecule has 0 radical (unpaired) electrons. The lowest BCUT2D eigenvalue weighted by Gasteiger charge is -2.32. The number of pyridine rings is 2. The number of hydrogen-bond donors (Lipinski definition) is 2. The summed E-state index contributed by atoms with van der Waals surface area (Å²) in [5.41, 5.74) is 3.34. The Labute approximate surface area is 231 Å². The topological polar surface area (TPSA) is 128 Å².